The van der Waals surface area contributed by atoms with Gasteiger partial charge in [-0.05, 0) is 23.3 Å². The van der Waals surface area contributed by atoms with Crippen LogP contribution < -0.4 is 4.90 Å². The minimum atomic E-state index is -0.571. The summed E-state index contributed by atoms with van der Waals surface area (Å²) in [6.45, 7) is 0. The first-order valence-corrected chi connectivity index (χ1v) is 8.08. The van der Waals surface area contributed by atoms with Gasteiger partial charge in [-0.2, -0.15) is 0 Å². The average Bonchev–Trinajstić information content (AvgIpc) is 2.88. The lowest BCUT2D eigenvalue weighted by Crippen LogP contribution is -2.44. The smallest absolute Gasteiger partial charge is 0.238 e. The van der Waals surface area contributed by atoms with Gasteiger partial charge < -0.3 is 0 Å². The molecule has 0 radical (unpaired) electrons. The van der Waals surface area contributed by atoms with Crippen LogP contribution in [-0.2, 0) is 14.4 Å². The van der Waals surface area contributed by atoms with Gasteiger partial charge >= 0.3 is 0 Å². The van der Waals surface area contributed by atoms with Crippen LogP contribution in [0.1, 0.15) is 29.4 Å². The summed E-state index contributed by atoms with van der Waals surface area (Å²) in [5.41, 5.74) is 2.46. The molecule has 2 bridgehead atoms. The Labute approximate surface area is 138 Å². The van der Waals surface area contributed by atoms with Crippen LogP contribution in [0.5, 0.6) is 0 Å². The molecule has 5 heteroatoms. The van der Waals surface area contributed by atoms with Gasteiger partial charge in [0, 0.05) is 18.5 Å². The molecule has 4 atom stereocenters. The maximum Gasteiger partial charge on any atom is 0.238 e. The minimum Gasteiger partial charge on any atom is -0.299 e. The maximum absolute atomic E-state index is 13.0. The van der Waals surface area contributed by atoms with Crippen molar-refractivity contribution in [2.75, 3.05) is 4.90 Å². The quantitative estimate of drug-likeness (QED) is 0.755. The molecule has 118 valence electrons. The predicted octanol–water partition coefficient (Wildman–Crippen LogP) is 2.04. The van der Waals surface area contributed by atoms with E-state index in [2.05, 4.69) is 4.98 Å². The minimum absolute atomic E-state index is 0.0779. The topological polar surface area (TPSA) is 67.3 Å². The number of rotatable bonds is 1. The van der Waals surface area contributed by atoms with E-state index in [4.69, 9.17) is 0 Å². The zero-order chi connectivity index (χ0) is 16.4. The fraction of sp³-hybridized carbons (Fsp3) is 0.263. The van der Waals surface area contributed by atoms with Crippen molar-refractivity contribution in [3.05, 3.63) is 59.9 Å². The summed E-state index contributed by atoms with van der Waals surface area (Å²) in [6, 6.07) is 11.1. The molecule has 2 heterocycles. The number of carbonyl (C=O) groups excluding carboxylic acids is 3. The van der Waals surface area contributed by atoms with Gasteiger partial charge in [-0.25, -0.2) is 4.90 Å². The molecule has 5 nitrogen and oxygen atoms in total. The number of Topliss-reactive ketones (excluding diaryl/α,β-unsaturated/α-hetero) is 1. The first kappa shape index (κ1) is 13.6. The molecule has 4 aliphatic rings. The van der Waals surface area contributed by atoms with Crippen molar-refractivity contribution in [1.29, 1.82) is 0 Å². The molecular formula is C19H14N2O3. The van der Waals surface area contributed by atoms with Crippen LogP contribution in [0.3, 0.4) is 0 Å². The largest absolute Gasteiger partial charge is 0.299 e. The van der Waals surface area contributed by atoms with Gasteiger partial charge in [0.15, 0.2) is 0 Å². The Kier molecular flexibility index (Phi) is 2.61. The van der Waals surface area contributed by atoms with Crippen molar-refractivity contribution >= 4 is 23.3 Å². The van der Waals surface area contributed by atoms with E-state index in [1.807, 2.05) is 24.3 Å². The fourth-order valence-corrected chi connectivity index (χ4v) is 4.70. The third kappa shape index (κ3) is 1.54. The molecular weight excluding hydrogens is 304 g/mol. The Balaban J connectivity index is 1.68. The number of carbonyl (C=O) groups is 3. The summed E-state index contributed by atoms with van der Waals surface area (Å²) in [6.07, 6.45) is 3.47. The Bertz CT molecular complexity index is 892. The molecule has 2 aromatic rings. The Morgan fingerprint density at radius 1 is 0.917 bits per heavy atom. The molecule has 6 rings (SSSR count). The lowest BCUT2D eigenvalue weighted by molar-refractivity contribution is -0.134. The SMILES string of the molecule is O=C1C[C@H]2c3ccccc3[C@H]1[C@H]1C(=O)N(c3cccnc3)C(=O)[C@H]12. The molecule has 1 aromatic carbocycles. The van der Waals surface area contributed by atoms with Crippen molar-refractivity contribution < 1.29 is 14.4 Å². The van der Waals surface area contributed by atoms with Gasteiger partial charge in [-0.15, -0.1) is 0 Å². The van der Waals surface area contributed by atoms with E-state index < -0.39 is 17.8 Å². The van der Waals surface area contributed by atoms with Crippen molar-refractivity contribution in [3.63, 3.8) is 0 Å². The van der Waals surface area contributed by atoms with Crippen LogP contribution in [0, 0.1) is 11.8 Å². The Hall–Kier alpha value is -2.82. The molecule has 3 aliphatic carbocycles. The van der Waals surface area contributed by atoms with Gasteiger partial charge in [0.05, 0.1) is 29.6 Å². The van der Waals surface area contributed by atoms with E-state index in [1.54, 1.807) is 18.3 Å². The number of pyridine rings is 1. The van der Waals surface area contributed by atoms with E-state index in [9.17, 15) is 14.4 Å². The molecule has 1 aliphatic heterocycles. The van der Waals surface area contributed by atoms with E-state index in [0.717, 1.165) is 11.1 Å². The Morgan fingerprint density at radius 2 is 1.67 bits per heavy atom. The van der Waals surface area contributed by atoms with E-state index in [0.29, 0.717) is 12.1 Å². The summed E-state index contributed by atoms with van der Waals surface area (Å²) < 4.78 is 0. The molecule has 0 N–H and O–H groups in total. The monoisotopic (exact) mass is 318 g/mol. The number of aromatic nitrogens is 1. The summed E-state index contributed by atoms with van der Waals surface area (Å²) in [4.78, 5) is 43.8. The summed E-state index contributed by atoms with van der Waals surface area (Å²) >= 11 is 0. The van der Waals surface area contributed by atoms with Crippen LogP contribution in [0.2, 0.25) is 0 Å². The summed E-state index contributed by atoms with van der Waals surface area (Å²) in [7, 11) is 0. The van der Waals surface area contributed by atoms with Crippen molar-refractivity contribution in [2.45, 2.75) is 18.3 Å². The summed E-state index contributed by atoms with van der Waals surface area (Å²) in [5.74, 6) is -2.08. The van der Waals surface area contributed by atoms with Crippen LogP contribution in [0.15, 0.2) is 48.8 Å². The van der Waals surface area contributed by atoms with Crippen molar-refractivity contribution in [1.82, 2.24) is 4.98 Å². The number of hydrogen-bond acceptors (Lipinski definition) is 4. The number of amides is 2. The number of imide groups is 1. The fourth-order valence-electron chi connectivity index (χ4n) is 4.70. The molecule has 0 unspecified atom stereocenters. The second kappa shape index (κ2) is 4.60. The van der Waals surface area contributed by atoms with Gasteiger partial charge in [0.1, 0.15) is 5.78 Å². The molecule has 1 saturated heterocycles. The van der Waals surface area contributed by atoms with E-state index >= 15 is 0 Å². The predicted molar refractivity (Wildman–Crippen MR) is 85.3 cm³/mol. The van der Waals surface area contributed by atoms with Gasteiger partial charge in [0.25, 0.3) is 0 Å². The average molecular weight is 318 g/mol. The van der Waals surface area contributed by atoms with E-state index in [-0.39, 0.29) is 23.5 Å². The Morgan fingerprint density at radius 3 is 2.42 bits per heavy atom. The molecule has 1 aromatic heterocycles. The molecule has 1 saturated carbocycles. The summed E-state index contributed by atoms with van der Waals surface area (Å²) in [5, 5.41) is 0. The number of benzene rings is 1. The van der Waals surface area contributed by atoms with Gasteiger partial charge in [-0.3, -0.25) is 19.4 Å². The lowest BCUT2D eigenvalue weighted by Gasteiger charge is -2.43. The first-order valence-electron chi connectivity index (χ1n) is 8.08. The third-order valence-corrected chi connectivity index (χ3v) is 5.59. The molecule has 24 heavy (non-hydrogen) atoms. The van der Waals surface area contributed by atoms with E-state index in [1.165, 1.54) is 11.1 Å². The highest BCUT2D eigenvalue weighted by atomic mass is 16.2. The van der Waals surface area contributed by atoms with Gasteiger partial charge in [-0.1, -0.05) is 24.3 Å². The highest BCUT2D eigenvalue weighted by Crippen LogP contribution is 2.57. The second-order valence-electron chi connectivity index (χ2n) is 6.66. The van der Waals surface area contributed by atoms with Crippen LogP contribution in [0.25, 0.3) is 0 Å². The van der Waals surface area contributed by atoms with Crippen LogP contribution in [-0.4, -0.2) is 22.6 Å². The normalized spacial score (nSPS) is 30.5. The molecule has 2 amide bonds. The van der Waals surface area contributed by atoms with Gasteiger partial charge in [0.2, 0.25) is 11.8 Å². The highest BCUT2D eigenvalue weighted by molar-refractivity contribution is 6.24. The molecule has 2 fully saturated rings. The number of fused-ring (bicyclic) bond motifs is 1. The van der Waals surface area contributed by atoms with Crippen molar-refractivity contribution in [3.8, 4) is 0 Å². The lowest BCUT2D eigenvalue weighted by atomic mass is 9.56. The maximum atomic E-state index is 13.0. The first-order chi connectivity index (χ1) is 11.7. The van der Waals surface area contributed by atoms with Crippen molar-refractivity contribution in [2.24, 2.45) is 11.8 Å². The molecule has 0 spiro atoms. The number of anilines is 1. The number of nitrogens with zero attached hydrogens (tertiary/aromatic N) is 2. The van der Waals surface area contributed by atoms with Crippen LogP contribution >= 0.6 is 0 Å². The van der Waals surface area contributed by atoms with Crippen LogP contribution in [0.4, 0.5) is 5.69 Å². The zero-order valence-electron chi connectivity index (χ0n) is 12.8. The highest BCUT2D eigenvalue weighted by Gasteiger charge is 2.62. The zero-order valence-corrected chi connectivity index (χ0v) is 12.8. The third-order valence-electron chi connectivity index (χ3n) is 5.59. The second-order valence-corrected chi connectivity index (χ2v) is 6.66. The standard InChI is InChI=1S/C19H14N2O3/c22-14-8-13-11-5-1-2-6-12(11)15(14)17-16(13)18(23)21(19(17)24)10-4-3-7-20-9-10/h1-7,9,13,15-17H,8H2/t13-,15+,16-,17+/m0/s1. The number of hydrogen-bond donors (Lipinski definition) is 0. The number of ketones is 1.